The Morgan fingerprint density at radius 1 is 1.38 bits per heavy atom. The predicted molar refractivity (Wildman–Crippen MR) is 91.4 cm³/mol. The lowest BCUT2D eigenvalue weighted by Crippen LogP contribution is -2.30. The largest absolute Gasteiger partial charge is 0.469 e. The average molecular weight is 345 g/mol. The van der Waals surface area contributed by atoms with Crippen LogP contribution in [0.2, 0.25) is 5.15 Å². The van der Waals surface area contributed by atoms with Crippen LogP contribution in [0.25, 0.3) is 5.69 Å². The van der Waals surface area contributed by atoms with Crippen LogP contribution < -0.4 is 4.90 Å². The Labute approximate surface area is 144 Å². The van der Waals surface area contributed by atoms with Crippen LogP contribution in [-0.4, -0.2) is 27.2 Å². The molecule has 0 N–H and O–H groups in total. The second kappa shape index (κ2) is 7.31. The zero-order valence-electron chi connectivity index (χ0n) is 13.2. The number of carbonyl (C=O) groups is 1. The van der Waals surface area contributed by atoms with Crippen molar-refractivity contribution in [2.45, 2.75) is 19.8 Å². The van der Waals surface area contributed by atoms with Gasteiger partial charge in [0.05, 0.1) is 24.3 Å². The maximum absolute atomic E-state index is 12.5. The average Bonchev–Trinajstić information content (AvgIpc) is 3.25. The minimum Gasteiger partial charge on any atom is -0.469 e. The lowest BCUT2D eigenvalue weighted by atomic mass is 10.2. The highest BCUT2D eigenvalue weighted by Crippen LogP contribution is 2.26. The molecule has 3 rings (SSSR count). The molecule has 3 aromatic heterocycles. The van der Waals surface area contributed by atoms with Crippen LogP contribution >= 0.6 is 11.6 Å². The van der Waals surface area contributed by atoms with Crippen molar-refractivity contribution in [1.29, 1.82) is 0 Å². The van der Waals surface area contributed by atoms with E-state index in [0.29, 0.717) is 25.1 Å². The van der Waals surface area contributed by atoms with Crippen LogP contribution in [0.3, 0.4) is 0 Å². The molecule has 6 nitrogen and oxygen atoms in total. The summed E-state index contributed by atoms with van der Waals surface area (Å²) in [7, 11) is 0. The molecule has 0 atom stereocenters. The first-order chi connectivity index (χ1) is 11.7. The standard InChI is InChI=1S/C17H17ClN4O2/c1-2-21(16(23)8-7-14-6-4-10-24-14)15-12-22(20-17(15)18)13-5-3-9-19-11-13/h3-6,9-12H,2,7-8H2,1H3. The molecule has 0 radical (unpaired) electrons. The van der Waals surface area contributed by atoms with Gasteiger partial charge in [-0.2, -0.15) is 5.10 Å². The first-order valence-corrected chi connectivity index (χ1v) is 8.05. The zero-order chi connectivity index (χ0) is 16.9. The molecule has 0 aliphatic heterocycles. The van der Waals surface area contributed by atoms with Gasteiger partial charge in [-0.05, 0) is 31.2 Å². The normalized spacial score (nSPS) is 10.8. The lowest BCUT2D eigenvalue weighted by Gasteiger charge is -2.19. The quantitative estimate of drug-likeness (QED) is 0.686. The molecule has 1 amide bonds. The second-order valence-corrected chi connectivity index (χ2v) is 5.54. The monoisotopic (exact) mass is 344 g/mol. The van der Waals surface area contributed by atoms with Gasteiger partial charge in [0.15, 0.2) is 5.15 Å². The van der Waals surface area contributed by atoms with Crippen LogP contribution in [0.15, 0.2) is 53.5 Å². The number of anilines is 1. The van der Waals surface area contributed by atoms with Crippen molar-refractivity contribution >= 4 is 23.2 Å². The Morgan fingerprint density at radius 2 is 2.25 bits per heavy atom. The predicted octanol–water partition coefficient (Wildman–Crippen LogP) is 3.50. The van der Waals surface area contributed by atoms with E-state index in [0.717, 1.165) is 11.4 Å². The van der Waals surface area contributed by atoms with Crippen molar-refractivity contribution in [2.75, 3.05) is 11.4 Å². The number of hydrogen-bond donors (Lipinski definition) is 0. The molecule has 0 unspecified atom stereocenters. The molecule has 0 bridgehead atoms. The van der Waals surface area contributed by atoms with Gasteiger partial charge in [0, 0.05) is 25.6 Å². The van der Waals surface area contributed by atoms with Gasteiger partial charge >= 0.3 is 0 Å². The number of aryl methyl sites for hydroxylation is 1. The summed E-state index contributed by atoms with van der Waals surface area (Å²) in [4.78, 5) is 18.2. The topological polar surface area (TPSA) is 64.2 Å². The van der Waals surface area contributed by atoms with E-state index >= 15 is 0 Å². The first-order valence-electron chi connectivity index (χ1n) is 7.67. The molecular formula is C17H17ClN4O2. The summed E-state index contributed by atoms with van der Waals surface area (Å²) in [5, 5.41) is 4.56. The summed E-state index contributed by atoms with van der Waals surface area (Å²) in [6, 6.07) is 7.36. The number of halogens is 1. The number of carbonyl (C=O) groups excluding carboxylic acids is 1. The van der Waals surface area contributed by atoms with E-state index in [1.54, 1.807) is 34.4 Å². The highest BCUT2D eigenvalue weighted by Gasteiger charge is 2.20. The first kappa shape index (κ1) is 16.3. The molecule has 0 spiro atoms. The van der Waals surface area contributed by atoms with E-state index in [-0.39, 0.29) is 11.1 Å². The van der Waals surface area contributed by atoms with Gasteiger partial charge in [-0.25, -0.2) is 4.68 Å². The van der Waals surface area contributed by atoms with E-state index in [9.17, 15) is 4.79 Å². The van der Waals surface area contributed by atoms with E-state index in [4.69, 9.17) is 16.0 Å². The number of hydrogen-bond acceptors (Lipinski definition) is 4. The number of furan rings is 1. The Bertz CT molecular complexity index is 799. The number of amides is 1. The van der Waals surface area contributed by atoms with E-state index < -0.39 is 0 Å². The fraction of sp³-hybridized carbons (Fsp3) is 0.235. The summed E-state index contributed by atoms with van der Waals surface area (Å²) in [5.41, 5.74) is 1.37. The number of pyridine rings is 1. The van der Waals surface area contributed by atoms with Crippen molar-refractivity contribution in [1.82, 2.24) is 14.8 Å². The molecule has 0 fully saturated rings. The molecule has 0 aliphatic rings. The third-order valence-corrected chi connectivity index (χ3v) is 3.90. The van der Waals surface area contributed by atoms with Gasteiger partial charge in [-0.15, -0.1) is 0 Å². The summed E-state index contributed by atoms with van der Waals surface area (Å²) in [6.45, 7) is 2.41. The number of rotatable bonds is 6. The summed E-state index contributed by atoms with van der Waals surface area (Å²) in [6.07, 6.45) is 7.61. The fourth-order valence-corrected chi connectivity index (χ4v) is 2.68. The summed E-state index contributed by atoms with van der Waals surface area (Å²) >= 11 is 6.25. The van der Waals surface area contributed by atoms with E-state index in [1.807, 2.05) is 31.2 Å². The lowest BCUT2D eigenvalue weighted by molar-refractivity contribution is -0.118. The molecule has 124 valence electrons. The molecule has 7 heteroatoms. The van der Waals surface area contributed by atoms with Crippen molar-refractivity contribution in [3.63, 3.8) is 0 Å². The molecule has 3 aromatic rings. The van der Waals surface area contributed by atoms with Gasteiger partial charge in [0.1, 0.15) is 11.4 Å². The van der Waals surface area contributed by atoms with Crippen LogP contribution in [0.4, 0.5) is 5.69 Å². The molecular weight excluding hydrogens is 328 g/mol. The van der Waals surface area contributed by atoms with Crippen molar-refractivity contribution in [2.24, 2.45) is 0 Å². The Hall–Kier alpha value is -2.60. The Morgan fingerprint density at radius 3 is 2.92 bits per heavy atom. The van der Waals surface area contributed by atoms with Gasteiger partial charge in [-0.3, -0.25) is 9.78 Å². The SMILES string of the molecule is CCN(C(=O)CCc1ccco1)c1cn(-c2cccnc2)nc1Cl. The van der Waals surface area contributed by atoms with Crippen molar-refractivity contribution in [3.05, 3.63) is 60.0 Å². The Kier molecular flexibility index (Phi) is 4.96. The summed E-state index contributed by atoms with van der Waals surface area (Å²) < 4.78 is 6.89. The molecule has 24 heavy (non-hydrogen) atoms. The van der Waals surface area contributed by atoms with Gasteiger partial charge in [0.2, 0.25) is 5.91 Å². The van der Waals surface area contributed by atoms with Crippen molar-refractivity contribution < 1.29 is 9.21 Å². The maximum atomic E-state index is 12.5. The van der Waals surface area contributed by atoms with Crippen LogP contribution in [0, 0.1) is 0 Å². The highest BCUT2D eigenvalue weighted by atomic mass is 35.5. The van der Waals surface area contributed by atoms with Gasteiger partial charge < -0.3 is 9.32 Å². The molecule has 0 aliphatic carbocycles. The third kappa shape index (κ3) is 3.49. The number of aromatic nitrogens is 3. The molecule has 0 saturated heterocycles. The Balaban J connectivity index is 1.77. The van der Waals surface area contributed by atoms with E-state index in [2.05, 4.69) is 10.1 Å². The van der Waals surface area contributed by atoms with Crippen LogP contribution in [-0.2, 0) is 11.2 Å². The number of nitrogens with zero attached hydrogens (tertiary/aromatic N) is 4. The van der Waals surface area contributed by atoms with Crippen molar-refractivity contribution in [3.8, 4) is 5.69 Å². The van der Waals surface area contributed by atoms with Crippen LogP contribution in [0.1, 0.15) is 19.1 Å². The highest BCUT2D eigenvalue weighted by molar-refractivity contribution is 6.32. The second-order valence-electron chi connectivity index (χ2n) is 5.18. The van der Waals surface area contributed by atoms with Crippen LogP contribution in [0.5, 0.6) is 0 Å². The summed E-state index contributed by atoms with van der Waals surface area (Å²) in [5.74, 6) is 0.762. The van der Waals surface area contributed by atoms with E-state index in [1.165, 1.54) is 0 Å². The molecule has 3 heterocycles. The fourth-order valence-electron chi connectivity index (χ4n) is 2.45. The zero-order valence-corrected chi connectivity index (χ0v) is 14.0. The maximum Gasteiger partial charge on any atom is 0.227 e. The molecule has 0 saturated carbocycles. The van der Waals surface area contributed by atoms with Gasteiger partial charge in [-0.1, -0.05) is 11.6 Å². The minimum absolute atomic E-state index is 0.0264. The van der Waals surface area contributed by atoms with Gasteiger partial charge in [0.25, 0.3) is 0 Å². The molecule has 0 aromatic carbocycles. The third-order valence-electron chi connectivity index (χ3n) is 3.64. The smallest absolute Gasteiger partial charge is 0.227 e. The minimum atomic E-state index is -0.0264.